The lowest BCUT2D eigenvalue weighted by Gasteiger charge is -2.20. The summed E-state index contributed by atoms with van der Waals surface area (Å²) in [4.78, 5) is 0. The summed E-state index contributed by atoms with van der Waals surface area (Å²) in [5, 5.41) is 3.38. The number of rotatable bonds is 10. The number of methoxy groups -OCH3 is 1. The highest BCUT2D eigenvalue weighted by molar-refractivity contribution is 5.22. The van der Waals surface area contributed by atoms with Gasteiger partial charge in [0.05, 0.1) is 13.2 Å². The number of benzene rings is 1. The van der Waals surface area contributed by atoms with E-state index in [1.807, 2.05) is 12.1 Å². The van der Waals surface area contributed by atoms with E-state index in [4.69, 9.17) is 9.47 Å². The van der Waals surface area contributed by atoms with Crippen LogP contribution in [0.2, 0.25) is 0 Å². The van der Waals surface area contributed by atoms with Crippen molar-refractivity contribution in [2.45, 2.75) is 32.2 Å². The summed E-state index contributed by atoms with van der Waals surface area (Å²) in [5.74, 6) is -0.0129. The highest BCUT2D eigenvalue weighted by Gasteiger charge is 2.15. The maximum absolute atomic E-state index is 13.9. The van der Waals surface area contributed by atoms with Crippen LogP contribution in [0.4, 0.5) is 4.39 Å². The summed E-state index contributed by atoms with van der Waals surface area (Å²) >= 11 is 0. The van der Waals surface area contributed by atoms with Gasteiger partial charge in [0.1, 0.15) is 5.82 Å². The summed E-state index contributed by atoms with van der Waals surface area (Å²) in [6.07, 6.45) is 0.796. The molecule has 1 atom stereocenters. The second-order valence-electron chi connectivity index (χ2n) is 5.18. The fraction of sp³-hybridized carbons (Fsp3) is 0.625. The molecule has 20 heavy (non-hydrogen) atoms. The van der Waals surface area contributed by atoms with Crippen molar-refractivity contribution in [3.63, 3.8) is 0 Å². The topological polar surface area (TPSA) is 30.5 Å². The van der Waals surface area contributed by atoms with Gasteiger partial charge in [-0.2, -0.15) is 0 Å². The third-order valence-corrected chi connectivity index (χ3v) is 3.16. The quantitative estimate of drug-likeness (QED) is 0.670. The zero-order chi connectivity index (χ0) is 14.8. The standard InChI is InChI=1S/C16H26FNO2/c1-13(2)18-12-14(8-9-20-11-10-19-3)15-6-4-5-7-16(15)17/h4-7,13-14,18H,8-12H2,1-3H3. The van der Waals surface area contributed by atoms with Crippen LogP contribution >= 0.6 is 0 Å². The van der Waals surface area contributed by atoms with Crippen molar-refractivity contribution in [3.8, 4) is 0 Å². The van der Waals surface area contributed by atoms with E-state index in [-0.39, 0.29) is 11.7 Å². The van der Waals surface area contributed by atoms with Crippen LogP contribution in [-0.2, 0) is 9.47 Å². The highest BCUT2D eigenvalue weighted by Crippen LogP contribution is 2.22. The monoisotopic (exact) mass is 283 g/mol. The first kappa shape index (κ1) is 17.1. The highest BCUT2D eigenvalue weighted by atomic mass is 19.1. The minimum Gasteiger partial charge on any atom is -0.382 e. The number of ether oxygens (including phenoxy) is 2. The van der Waals surface area contributed by atoms with Gasteiger partial charge >= 0.3 is 0 Å². The van der Waals surface area contributed by atoms with Gasteiger partial charge < -0.3 is 14.8 Å². The smallest absolute Gasteiger partial charge is 0.126 e. The van der Waals surface area contributed by atoms with Crippen molar-refractivity contribution < 1.29 is 13.9 Å². The lowest BCUT2D eigenvalue weighted by atomic mass is 9.95. The van der Waals surface area contributed by atoms with Gasteiger partial charge in [0.25, 0.3) is 0 Å². The molecule has 1 aromatic rings. The van der Waals surface area contributed by atoms with E-state index < -0.39 is 0 Å². The maximum Gasteiger partial charge on any atom is 0.126 e. The molecule has 0 aromatic heterocycles. The van der Waals surface area contributed by atoms with Gasteiger partial charge in [0.2, 0.25) is 0 Å². The summed E-state index contributed by atoms with van der Waals surface area (Å²) < 4.78 is 24.3. The van der Waals surface area contributed by atoms with E-state index in [1.54, 1.807) is 13.2 Å². The normalized spacial score (nSPS) is 12.8. The molecule has 4 heteroatoms. The number of hydrogen-bond donors (Lipinski definition) is 1. The van der Waals surface area contributed by atoms with E-state index in [0.29, 0.717) is 25.9 Å². The van der Waals surface area contributed by atoms with Crippen molar-refractivity contribution in [1.29, 1.82) is 0 Å². The molecule has 1 unspecified atom stereocenters. The Morgan fingerprint density at radius 1 is 1.15 bits per heavy atom. The van der Waals surface area contributed by atoms with Crippen LogP contribution in [-0.4, -0.2) is 39.5 Å². The average molecular weight is 283 g/mol. The second kappa shape index (κ2) is 9.86. The second-order valence-corrected chi connectivity index (χ2v) is 5.18. The van der Waals surface area contributed by atoms with Crippen molar-refractivity contribution in [2.24, 2.45) is 0 Å². The molecule has 0 aliphatic heterocycles. The van der Waals surface area contributed by atoms with Gasteiger partial charge in [0, 0.05) is 32.2 Å². The molecule has 0 radical (unpaired) electrons. The molecule has 0 aliphatic rings. The van der Waals surface area contributed by atoms with Crippen LogP contribution in [0.3, 0.4) is 0 Å². The Hall–Kier alpha value is -0.970. The minimum atomic E-state index is -0.139. The lowest BCUT2D eigenvalue weighted by molar-refractivity contribution is 0.0668. The molecular formula is C16H26FNO2. The Morgan fingerprint density at radius 3 is 2.55 bits per heavy atom. The van der Waals surface area contributed by atoms with E-state index in [1.165, 1.54) is 6.07 Å². The molecule has 0 spiro atoms. The van der Waals surface area contributed by atoms with E-state index in [2.05, 4.69) is 19.2 Å². The molecule has 114 valence electrons. The third-order valence-electron chi connectivity index (χ3n) is 3.16. The molecule has 1 rings (SSSR count). The zero-order valence-corrected chi connectivity index (χ0v) is 12.7. The first-order chi connectivity index (χ1) is 9.65. The lowest BCUT2D eigenvalue weighted by Crippen LogP contribution is -2.29. The predicted molar refractivity (Wildman–Crippen MR) is 79.6 cm³/mol. The largest absolute Gasteiger partial charge is 0.382 e. The van der Waals surface area contributed by atoms with Crippen LogP contribution in [0.1, 0.15) is 31.7 Å². The SMILES string of the molecule is COCCOCCC(CNC(C)C)c1ccccc1F. The molecule has 0 aliphatic carbocycles. The zero-order valence-electron chi connectivity index (χ0n) is 12.7. The Balaban J connectivity index is 2.54. The van der Waals surface area contributed by atoms with Crippen molar-refractivity contribution in [2.75, 3.05) is 33.5 Å². The first-order valence-electron chi connectivity index (χ1n) is 7.19. The molecule has 0 amide bonds. The Labute approximate surface area is 121 Å². The fourth-order valence-electron chi connectivity index (χ4n) is 2.02. The molecule has 1 N–H and O–H groups in total. The summed E-state index contributed by atoms with van der Waals surface area (Å²) in [5.41, 5.74) is 0.760. The van der Waals surface area contributed by atoms with Crippen LogP contribution < -0.4 is 5.32 Å². The average Bonchev–Trinajstić information content (AvgIpc) is 2.43. The summed E-state index contributed by atoms with van der Waals surface area (Å²) in [6, 6.07) is 7.37. The molecule has 0 saturated carbocycles. The van der Waals surface area contributed by atoms with E-state index >= 15 is 0 Å². The summed E-state index contributed by atoms with van der Waals surface area (Å²) in [7, 11) is 1.65. The molecular weight excluding hydrogens is 257 g/mol. The van der Waals surface area contributed by atoms with Gasteiger partial charge in [0.15, 0.2) is 0 Å². The van der Waals surface area contributed by atoms with Crippen LogP contribution in [0.15, 0.2) is 24.3 Å². The maximum atomic E-state index is 13.9. The number of halogens is 1. The molecule has 0 fully saturated rings. The first-order valence-corrected chi connectivity index (χ1v) is 7.19. The molecule has 3 nitrogen and oxygen atoms in total. The van der Waals surface area contributed by atoms with Gasteiger partial charge in [-0.1, -0.05) is 32.0 Å². The van der Waals surface area contributed by atoms with E-state index in [0.717, 1.165) is 18.5 Å². The van der Waals surface area contributed by atoms with Crippen molar-refractivity contribution in [3.05, 3.63) is 35.6 Å². The number of hydrogen-bond acceptors (Lipinski definition) is 3. The van der Waals surface area contributed by atoms with Gasteiger partial charge in [-0.15, -0.1) is 0 Å². The Morgan fingerprint density at radius 2 is 1.90 bits per heavy atom. The van der Waals surface area contributed by atoms with Crippen LogP contribution in [0.5, 0.6) is 0 Å². The molecule has 0 saturated heterocycles. The summed E-state index contributed by atoms with van der Waals surface area (Å²) in [6.45, 7) is 6.72. The van der Waals surface area contributed by atoms with Gasteiger partial charge in [-0.05, 0) is 18.1 Å². The van der Waals surface area contributed by atoms with E-state index in [9.17, 15) is 4.39 Å². The van der Waals surface area contributed by atoms with Gasteiger partial charge in [-0.25, -0.2) is 4.39 Å². The van der Waals surface area contributed by atoms with Gasteiger partial charge in [-0.3, -0.25) is 0 Å². The Bertz CT molecular complexity index is 371. The van der Waals surface area contributed by atoms with Crippen molar-refractivity contribution in [1.82, 2.24) is 5.32 Å². The molecule has 1 aromatic carbocycles. The molecule has 0 heterocycles. The molecule has 0 bridgehead atoms. The fourth-order valence-corrected chi connectivity index (χ4v) is 2.02. The third kappa shape index (κ3) is 6.46. The Kier molecular flexibility index (Phi) is 8.42. The van der Waals surface area contributed by atoms with Crippen LogP contribution in [0, 0.1) is 5.82 Å². The predicted octanol–water partition coefficient (Wildman–Crippen LogP) is 2.96. The number of nitrogens with one attached hydrogen (secondary N) is 1. The van der Waals surface area contributed by atoms with Crippen LogP contribution in [0.25, 0.3) is 0 Å². The minimum absolute atomic E-state index is 0.126. The van der Waals surface area contributed by atoms with Crippen molar-refractivity contribution >= 4 is 0 Å².